The van der Waals surface area contributed by atoms with Gasteiger partial charge >= 0.3 is 7.60 Å². The molecule has 0 unspecified atom stereocenters. The molecule has 3 heterocycles. The summed E-state index contributed by atoms with van der Waals surface area (Å²) in [4.78, 5) is 27.4. The van der Waals surface area contributed by atoms with Gasteiger partial charge in [0.25, 0.3) is 0 Å². The molecule has 0 amide bonds. The van der Waals surface area contributed by atoms with Crippen LogP contribution in [0, 0.1) is 0 Å². The molecule has 2 aromatic rings. The topological polar surface area (TPSA) is 177 Å². The first kappa shape index (κ1) is 17.7. The number of hydrogen-bond acceptors (Lipinski definition) is 8. The van der Waals surface area contributed by atoms with E-state index in [2.05, 4.69) is 15.0 Å². The molecule has 0 radical (unpaired) electrons. The molecule has 1 aliphatic rings. The highest BCUT2D eigenvalue weighted by molar-refractivity contribution is 7.50. The zero-order chi connectivity index (χ0) is 17.2. The summed E-state index contributed by atoms with van der Waals surface area (Å²) in [5.41, 5.74) is 6.75. The molecular weight excluding hydrogens is 329 g/mol. The number of ether oxygens (including phenoxy) is 1. The Hall–Kier alpha value is -1.62. The van der Waals surface area contributed by atoms with Crippen LogP contribution in [0.4, 0.5) is 5.82 Å². The van der Waals surface area contributed by atoms with Crippen LogP contribution in [0.1, 0.15) is 12.6 Å². The maximum absolute atomic E-state index is 9.71. The van der Waals surface area contributed by atoms with Gasteiger partial charge in [0.1, 0.15) is 24.2 Å². The second kappa shape index (κ2) is 6.87. The van der Waals surface area contributed by atoms with Gasteiger partial charge in [0.15, 0.2) is 11.5 Å². The number of aromatic nitrogens is 4. The normalized spacial score (nSPS) is 24.5. The fourth-order valence-electron chi connectivity index (χ4n) is 2.13. The Bertz CT molecular complexity index is 710. The van der Waals surface area contributed by atoms with E-state index < -0.39 is 26.0 Å². The summed E-state index contributed by atoms with van der Waals surface area (Å²) in [6.07, 6.45) is 1.60. The van der Waals surface area contributed by atoms with Crippen LogP contribution < -0.4 is 5.73 Å². The first-order valence-electron chi connectivity index (χ1n) is 6.61. The quantitative estimate of drug-likeness (QED) is 0.416. The third-order valence-corrected chi connectivity index (χ3v) is 3.08. The van der Waals surface area contributed by atoms with Crippen molar-refractivity contribution in [3.63, 3.8) is 0 Å². The van der Waals surface area contributed by atoms with Crippen molar-refractivity contribution >= 4 is 24.6 Å². The fourth-order valence-corrected chi connectivity index (χ4v) is 2.13. The van der Waals surface area contributed by atoms with Crippen molar-refractivity contribution in [3.05, 3.63) is 12.7 Å². The Labute approximate surface area is 130 Å². The highest BCUT2D eigenvalue weighted by atomic mass is 31.2. The summed E-state index contributed by atoms with van der Waals surface area (Å²) < 4.78 is 16.6. The number of nitrogens with zero attached hydrogens (tertiary/aromatic N) is 4. The van der Waals surface area contributed by atoms with Crippen LogP contribution in [0.5, 0.6) is 0 Å². The molecular formula is C11H18N5O6P. The lowest BCUT2D eigenvalue weighted by molar-refractivity contribution is -0.0432. The number of aliphatic hydroxyl groups excluding tert-OH is 2. The molecule has 1 saturated heterocycles. The minimum absolute atomic E-state index is 0.221. The molecule has 6 N–H and O–H groups in total. The number of aliphatic hydroxyl groups is 2. The minimum atomic E-state index is -3.64. The Kier molecular flexibility index (Phi) is 5.30. The standard InChI is InChI=1S/C10H13N5O3.CH5O3P/c11-9-8-10(13-3-12-9)15(4-14-8)7-1-5(17)6(2-16)18-7;1-5(2,3)4/h3-7,16-17H,1-2H2,(H2,11,12,13);1H3,(H2,2,3,4)/t5-,6+,7+;/m0./s1. The van der Waals surface area contributed by atoms with Gasteiger partial charge in [-0.1, -0.05) is 0 Å². The maximum Gasteiger partial charge on any atom is 0.322 e. The van der Waals surface area contributed by atoms with Gasteiger partial charge in [-0.25, -0.2) is 15.0 Å². The van der Waals surface area contributed by atoms with Gasteiger partial charge in [0, 0.05) is 13.1 Å². The first-order valence-corrected chi connectivity index (χ1v) is 8.67. The molecule has 11 nitrogen and oxygen atoms in total. The third kappa shape index (κ3) is 4.44. The molecule has 23 heavy (non-hydrogen) atoms. The van der Waals surface area contributed by atoms with Crippen molar-refractivity contribution < 1.29 is 29.3 Å². The molecule has 0 aliphatic carbocycles. The van der Waals surface area contributed by atoms with Crippen LogP contribution in [0.3, 0.4) is 0 Å². The van der Waals surface area contributed by atoms with E-state index in [1.807, 2.05) is 0 Å². The maximum atomic E-state index is 9.71. The van der Waals surface area contributed by atoms with E-state index in [1.54, 1.807) is 10.9 Å². The summed E-state index contributed by atoms with van der Waals surface area (Å²) in [5, 5.41) is 18.8. The molecule has 0 spiro atoms. The number of anilines is 1. The SMILES string of the molecule is CP(=O)(O)O.Nc1ncnc2c1ncn2[C@H]1C[C@H](O)[C@@H](CO)O1. The number of hydrogen-bond donors (Lipinski definition) is 5. The lowest BCUT2D eigenvalue weighted by Crippen LogP contribution is -2.24. The molecule has 128 valence electrons. The largest absolute Gasteiger partial charge is 0.394 e. The monoisotopic (exact) mass is 347 g/mol. The zero-order valence-corrected chi connectivity index (χ0v) is 13.1. The fraction of sp³-hybridized carbons (Fsp3) is 0.545. The van der Waals surface area contributed by atoms with Crippen LogP contribution in [-0.2, 0) is 9.30 Å². The van der Waals surface area contributed by atoms with Gasteiger partial charge in [-0.2, -0.15) is 0 Å². The van der Waals surface area contributed by atoms with Gasteiger partial charge < -0.3 is 30.5 Å². The lowest BCUT2D eigenvalue weighted by atomic mass is 10.2. The highest BCUT2D eigenvalue weighted by Crippen LogP contribution is 2.31. The number of nitrogen functional groups attached to an aromatic ring is 1. The van der Waals surface area contributed by atoms with Crippen molar-refractivity contribution in [2.24, 2.45) is 0 Å². The first-order chi connectivity index (χ1) is 10.7. The van der Waals surface area contributed by atoms with Crippen molar-refractivity contribution in [1.82, 2.24) is 19.5 Å². The molecule has 3 rings (SSSR count). The van der Waals surface area contributed by atoms with Crippen LogP contribution in [-0.4, -0.2) is 65.0 Å². The second-order valence-electron chi connectivity index (χ2n) is 5.03. The summed E-state index contributed by atoms with van der Waals surface area (Å²) in [6.45, 7) is 0.633. The molecule has 12 heteroatoms. The van der Waals surface area contributed by atoms with Crippen LogP contribution in [0.25, 0.3) is 11.2 Å². The molecule has 1 aliphatic heterocycles. The van der Waals surface area contributed by atoms with E-state index in [0.717, 1.165) is 6.66 Å². The molecule has 0 bridgehead atoms. The van der Waals surface area contributed by atoms with Crippen LogP contribution in [0.2, 0.25) is 0 Å². The molecule has 0 aromatic carbocycles. The van der Waals surface area contributed by atoms with Gasteiger partial charge in [-0.05, 0) is 0 Å². The molecule has 2 aromatic heterocycles. The number of imidazole rings is 1. The number of nitrogens with two attached hydrogens (primary N) is 1. The second-order valence-corrected chi connectivity index (χ2v) is 6.70. The molecule has 3 atom stereocenters. The van der Waals surface area contributed by atoms with Gasteiger partial charge in [0.05, 0.1) is 19.0 Å². The van der Waals surface area contributed by atoms with Crippen molar-refractivity contribution in [2.75, 3.05) is 19.0 Å². The van der Waals surface area contributed by atoms with Crippen molar-refractivity contribution in [3.8, 4) is 0 Å². The molecule has 0 saturated carbocycles. The van der Waals surface area contributed by atoms with E-state index in [-0.39, 0.29) is 6.61 Å². The zero-order valence-electron chi connectivity index (χ0n) is 12.2. The third-order valence-electron chi connectivity index (χ3n) is 3.08. The summed E-state index contributed by atoms with van der Waals surface area (Å²) in [5.74, 6) is 0.302. The number of rotatable bonds is 2. The Morgan fingerprint density at radius 3 is 2.65 bits per heavy atom. The number of fused-ring (bicyclic) bond motifs is 1. The Morgan fingerprint density at radius 2 is 2.09 bits per heavy atom. The average Bonchev–Trinajstić information content (AvgIpc) is 3.01. The Morgan fingerprint density at radius 1 is 1.43 bits per heavy atom. The summed E-state index contributed by atoms with van der Waals surface area (Å²) in [6, 6.07) is 0. The van der Waals surface area contributed by atoms with E-state index in [4.69, 9.17) is 25.4 Å². The van der Waals surface area contributed by atoms with Crippen LogP contribution >= 0.6 is 7.60 Å². The average molecular weight is 347 g/mol. The van der Waals surface area contributed by atoms with Crippen molar-refractivity contribution in [1.29, 1.82) is 0 Å². The van der Waals surface area contributed by atoms with E-state index in [1.165, 1.54) is 6.33 Å². The van der Waals surface area contributed by atoms with E-state index in [0.29, 0.717) is 23.4 Å². The van der Waals surface area contributed by atoms with E-state index >= 15 is 0 Å². The van der Waals surface area contributed by atoms with Gasteiger partial charge in [-0.15, -0.1) is 0 Å². The summed E-state index contributed by atoms with van der Waals surface area (Å²) >= 11 is 0. The smallest absolute Gasteiger partial charge is 0.322 e. The highest BCUT2D eigenvalue weighted by Gasteiger charge is 2.35. The predicted molar refractivity (Wildman–Crippen MR) is 79.3 cm³/mol. The summed E-state index contributed by atoms with van der Waals surface area (Å²) in [7, 11) is -3.64. The predicted octanol–water partition coefficient (Wildman–Crippen LogP) is -1.16. The van der Waals surface area contributed by atoms with Crippen LogP contribution in [0.15, 0.2) is 12.7 Å². The van der Waals surface area contributed by atoms with Gasteiger partial charge in [0.2, 0.25) is 0 Å². The molecule has 1 fully saturated rings. The minimum Gasteiger partial charge on any atom is -0.394 e. The van der Waals surface area contributed by atoms with Crippen molar-refractivity contribution in [2.45, 2.75) is 24.9 Å². The Balaban J connectivity index is 0.000000338. The van der Waals surface area contributed by atoms with E-state index in [9.17, 15) is 9.67 Å². The van der Waals surface area contributed by atoms with Gasteiger partial charge in [-0.3, -0.25) is 9.13 Å². The lowest BCUT2D eigenvalue weighted by Gasteiger charge is -2.13.